The van der Waals surface area contributed by atoms with E-state index >= 15 is 0 Å². The molecule has 0 bridgehead atoms. The number of carbonyl (C=O) groups is 1. The van der Waals surface area contributed by atoms with E-state index in [1.54, 1.807) is 29.0 Å². The fourth-order valence-corrected chi connectivity index (χ4v) is 3.38. The second-order valence-corrected chi connectivity index (χ2v) is 7.31. The van der Waals surface area contributed by atoms with Gasteiger partial charge in [0, 0.05) is 18.9 Å². The number of rotatable bonds is 6. The van der Waals surface area contributed by atoms with Crippen LogP contribution in [-0.2, 0) is 6.54 Å². The lowest BCUT2D eigenvalue weighted by atomic mass is 10.2. The number of hydrogen-bond donors (Lipinski definition) is 1. The molecule has 0 aliphatic rings. The third-order valence-electron chi connectivity index (χ3n) is 4.35. The lowest BCUT2D eigenvalue weighted by molar-refractivity contribution is 0.0944. The summed E-state index contributed by atoms with van der Waals surface area (Å²) in [7, 11) is 0. The highest BCUT2D eigenvalue weighted by Crippen LogP contribution is 2.24. The molecule has 0 radical (unpaired) electrons. The van der Waals surface area contributed by atoms with E-state index in [2.05, 4.69) is 10.3 Å². The lowest BCUT2D eigenvalue weighted by Gasteiger charge is -2.11. The number of hydrogen-bond acceptors (Lipinski definition) is 3. The van der Waals surface area contributed by atoms with Crippen LogP contribution in [0.2, 0.25) is 10.0 Å². The molecule has 0 spiro atoms. The van der Waals surface area contributed by atoms with Crippen LogP contribution in [0.1, 0.15) is 16.1 Å². The number of carbonyl (C=O) groups excluding carboxylic acids is 1. The average molecular weight is 438 g/mol. The predicted octanol–water partition coefficient (Wildman–Crippen LogP) is 5.90. The number of ether oxygens (including phenoxy) is 1. The Kier molecular flexibility index (Phi) is 6.02. The number of benzene rings is 2. The zero-order chi connectivity index (χ0) is 20.9. The van der Waals surface area contributed by atoms with Gasteiger partial charge in [-0.1, -0.05) is 53.5 Å². The molecule has 0 saturated carbocycles. The molecule has 0 fully saturated rings. The van der Waals surface area contributed by atoms with E-state index in [0.29, 0.717) is 28.1 Å². The van der Waals surface area contributed by atoms with Gasteiger partial charge < -0.3 is 10.1 Å². The summed E-state index contributed by atoms with van der Waals surface area (Å²) in [6, 6.07) is 22.2. The SMILES string of the molecule is O=C(NCc1ccc(Oc2ccccc2)cc1)c1cccn1-c1ncc(Cl)cc1Cl. The van der Waals surface area contributed by atoms with Crippen LogP contribution in [-0.4, -0.2) is 15.5 Å². The molecule has 0 aliphatic carbocycles. The number of halogens is 2. The molecule has 7 heteroatoms. The molecule has 1 amide bonds. The molecule has 5 nitrogen and oxygen atoms in total. The Balaban J connectivity index is 1.41. The highest BCUT2D eigenvalue weighted by molar-refractivity contribution is 6.35. The minimum atomic E-state index is -0.238. The van der Waals surface area contributed by atoms with E-state index in [4.69, 9.17) is 27.9 Å². The average Bonchev–Trinajstić information content (AvgIpc) is 3.23. The summed E-state index contributed by atoms with van der Waals surface area (Å²) in [5, 5.41) is 3.71. The van der Waals surface area contributed by atoms with Crippen molar-refractivity contribution in [2.45, 2.75) is 6.54 Å². The van der Waals surface area contributed by atoms with Crippen molar-refractivity contribution in [3.63, 3.8) is 0 Å². The second-order valence-electron chi connectivity index (χ2n) is 6.46. The molecule has 0 aliphatic heterocycles. The van der Waals surface area contributed by atoms with Crippen LogP contribution in [0.5, 0.6) is 11.5 Å². The quantitative estimate of drug-likeness (QED) is 0.408. The molecule has 4 rings (SSSR count). The van der Waals surface area contributed by atoms with Crippen LogP contribution in [0, 0.1) is 0 Å². The van der Waals surface area contributed by atoms with Crippen molar-refractivity contribution >= 4 is 29.1 Å². The number of nitrogens with zero attached hydrogens (tertiary/aromatic N) is 2. The third-order valence-corrected chi connectivity index (χ3v) is 4.84. The molecule has 2 aromatic carbocycles. The molecule has 4 aromatic rings. The summed E-state index contributed by atoms with van der Waals surface area (Å²) < 4.78 is 7.41. The monoisotopic (exact) mass is 437 g/mol. The van der Waals surface area contributed by atoms with Crippen molar-refractivity contribution in [1.29, 1.82) is 0 Å². The zero-order valence-corrected chi connectivity index (χ0v) is 17.3. The van der Waals surface area contributed by atoms with Crippen LogP contribution < -0.4 is 10.1 Å². The van der Waals surface area contributed by atoms with Gasteiger partial charge >= 0.3 is 0 Å². The van der Waals surface area contributed by atoms with Gasteiger partial charge in [0.05, 0.1) is 10.0 Å². The van der Waals surface area contributed by atoms with Crippen molar-refractivity contribution in [2.75, 3.05) is 0 Å². The summed E-state index contributed by atoms with van der Waals surface area (Å²) in [6.07, 6.45) is 3.22. The van der Waals surface area contributed by atoms with E-state index in [-0.39, 0.29) is 5.91 Å². The van der Waals surface area contributed by atoms with E-state index in [1.807, 2.05) is 54.6 Å². The van der Waals surface area contributed by atoms with Gasteiger partial charge in [-0.05, 0) is 48.0 Å². The van der Waals surface area contributed by atoms with Gasteiger partial charge in [0.1, 0.15) is 17.2 Å². The van der Waals surface area contributed by atoms with E-state index < -0.39 is 0 Å². The third kappa shape index (κ3) is 4.64. The summed E-state index contributed by atoms with van der Waals surface area (Å²) in [6.45, 7) is 0.372. The Hall–Kier alpha value is -3.28. The Morgan fingerprint density at radius 1 is 0.967 bits per heavy atom. The number of para-hydroxylation sites is 1. The number of amides is 1. The maximum atomic E-state index is 12.7. The maximum absolute atomic E-state index is 12.7. The first-order chi connectivity index (χ1) is 14.6. The van der Waals surface area contributed by atoms with E-state index in [0.717, 1.165) is 17.1 Å². The predicted molar refractivity (Wildman–Crippen MR) is 118 cm³/mol. The summed E-state index contributed by atoms with van der Waals surface area (Å²) in [4.78, 5) is 16.9. The van der Waals surface area contributed by atoms with E-state index in [1.165, 1.54) is 6.20 Å². The van der Waals surface area contributed by atoms with Crippen molar-refractivity contribution < 1.29 is 9.53 Å². The topological polar surface area (TPSA) is 56.1 Å². The summed E-state index contributed by atoms with van der Waals surface area (Å²) >= 11 is 12.1. The normalized spacial score (nSPS) is 10.6. The lowest BCUT2D eigenvalue weighted by Crippen LogP contribution is -2.25. The first-order valence-corrected chi connectivity index (χ1v) is 9.94. The number of aromatic nitrogens is 2. The Bertz CT molecular complexity index is 1160. The molecule has 0 saturated heterocycles. The number of nitrogens with one attached hydrogen (secondary N) is 1. The second kappa shape index (κ2) is 9.03. The van der Waals surface area contributed by atoms with Crippen LogP contribution in [0.15, 0.2) is 85.2 Å². The smallest absolute Gasteiger partial charge is 0.268 e. The fraction of sp³-hybridized carbons (Fsp3) is 0.0435. The van der Waals surface area contributed by atoms with Crippen molar-refractivity contribution in [3.05, 3.63) is 106 Å². The minimum Gasteiger partial charge on any atom is -0.457 e. The van der Waals surface area contributed by atoms with Gasteiger partial charge in [-0.2, -0.15) is 0 Å². The summed E-state index contributed by atoms with van der Waals surface area (Å²) in [5.41, 5.74) is 1.38. The van der Waals surface area contributed by atoms with Crippen molar-refractivity contribution in [1.82, 2.24) is 14.9 Å². The highest BCUT2D eigenvalue weighted by Gasteiger charge is 2.15. The van der Waals surface area contributed by atoms with Gasteiger partial charge in [-0.25, -0.2) is 4.98 Å². The van der Waals surface area contributed by atoms with Gasteiger partial charge in [-0.15, -0.1) is 0 Å². The van der Waals surface area contributed by atoms with Crippen LogP contribution in [0.25, 0.3) is 5.82 Å². The molecular weight excluding hydrogens is 421 g/mol. The van der Waals surface area contributed by atoms with Gasteiger partial charge in [0.15, 0.2) is 5.82 Å². The molecule has 30 heavy (non-hydrogen) atoms. The maximum Gasteiger partial charge on any atom is 0.268 e. The summed E-state index contributed by atoms with van der Waals surface area (Å²) in [5.74, 6) is 1.71. The Morgan fingerprint density at radius 3 is 2.43 bits per heavy atom. The molecule has 2 heterocycles. The molecule has 2 aromatic heterocycles. The van der Waals surface area contributed by atoms with Crippen molar-refractivity contribution in [2.24, 2.45) is 0 Å². The van der Waals surface area contributed by atoms with Gasteiger partial charge in [-0.3, -0.25) is 9.36 Å². The standard InChI is InChI=1S/C23H17Cl2N3O2/c24-17-13-20(25)22(26-15-17)28-12-4-7-21(28)23(29)27-14-16-8-10-19(11-9-16)30-18-5-2-1-3-6-18/h1-13,15H,14H2,(H,27,29). The first-order valence-electron chi connectivity index (χ1n) is 9.19. The largest absolute Gasteiger partial charge is 0.457 e. The molecule has 0 atom stereocenters. The first kappa shape index (κ1) is 20.0. The van der Waals surface area contributed by atoms with Crippen LogP contribution >= 0.6 is 23.2 Å². The van der Waals surface area contributed by atoms with Crippen LogP contribution in [0.3, 0.4) is 0 Å². The van der Waals surface area contributed by atoms with E-state index in [9.17, 15) is 4.79 Å². The Labute approximate surface area is 183 Å². The zero-order valence-electron chi connectivity index (χ0n) is 15.8. The van der Waals surface area contributed by atoms with Crippen molar-refractivity contribution in [3.8, 4) is 17.3 Å². The van der Waals surface area contributed by atoms with Crippen LogP contribution in [0.4, 0.5) is 0 Å². The Morgan fingerprint density at radius 2 is 1.70 bits per heavy atom. The highest BCUT2D eigenvalue weighted by atomic mass is 35.5. The minimum absolute atomic E-state index is 0.238. The number of pyridine rings is 1. The molecule has 150 valence electrons. The molecule has 1 N–H and O–H groups in total. The molecular formula is C23H17Cl2N3O2. The fourth-order valence-electron chi connectivity index (χ4n) is 2.91. The molecule has 0 unspecified atom stereocenters. The van der Waals surface area contributed by atoms with Gasteiger partial charge in [0.25, 0.3) is 5.91 Å². The van der Waals surface area contributed by atoms with Gasteiger partial charge in [0.2, 0.25) is 0 Å².